The number of rotatable bonds is 2. The molecule has 3 aliphatic rings. The number of carbonyl (C=O) groups excluding carboxylic acids is 4. The Morgan fingerprint density at radius 3 is 1.71 bits per heavy atom. The Balaban J connectivity index is 0.000000183. The first-order valence-electron chi connectivity index (χ1n) is 15.4. The van der Waals surface area contributed by atoms with Gasteiger partial charge >= 0.3 is 19.4 Å². The fourth-order valence-corrected chi connectivity index (χ4v) is 7.48. The highest BCUT2D eigenvalue weighted by molar-refractivity contribution is 9.10. The summed E-state index contributed by atoms with van der Waals surface area (Å²) in [6.45, 7) is 15.7. The average Bonchev–Trinajstić information content (AvgIpc) is 3.68. The second-order valence-corrected chi connectivity index (χ2v) is 15.6. The highest BCUT2D eigenvalue weighted by atomic mass is 79.9. The fraction of sp³-hybridized carbons (Fsp3) is 0.389. The van der Waals surface area contributed by atoms with Gasteiger partial charge in [0.05, 0.1) is 37.6 Å². The minimum absolute atomic E-state index is 0.182. The number of hydrogen-bond donors (Lipinski definition) is 0. The molecule has 0 N–H and O–H groups in total. The van der Waals surface area contributed by atoms with E-state index < -0.39 is 0 Å². The highest BCUT2D eigenvalue weighted by Crippen LogP contribution is 2.39. The minimum Gasteiger partial charge on any atom is -0.400 e. The monoisotopic (exact) mass is 754 g/mol. The maximum Gasteiger partial charge on any atom is 0.490 e. The number of aryl methyl sites for hydroxylation is 2. The van der Waals surface area contributed by atoms with E-state index in [9.17, 15) is 0 Å². The Hall–Kier alpha value is -3.02. The van der Waals surface area contributed by atoms with Crippen LogP contribution >= 0.6 is 38.6 Å². The molecule has 0 bridgehead atoms. The van der Waals surface area contributed by atoms with E-state index >= 15 is 0 Å². The average molecular weight is 756 g/mol. The van der Waals surface area contributed by atoms with Gasteiger partial charge in [-0.25, -0.2) is 0 Å². The van der Waals surface area contributed by atoms with Crippen LogP contribution in [0.4, 0.5) is 0 Å². The molecule has 0 aliphatic carbocycles. The van der Waals surface area contributed by atoms with E-state index in [1.54, 1.807) is 0 Å². The van der Waals surface area contributed by atoms with Crippen LogP contribution in [0.3, 0.4) is 0 Å². The van der Waals surface area contributed by atoms with E-state index in [1.165, 1.54) is 46.5 Å². The lowest BCUT2D eigenvalue weighted by Crippen LogP contribution is -2.41. The van der Waals surface area contributed by atoms with Crippen LogP contribution in [0.15, 0.2) is 70.6 Å². The summed E-state index contributed by atoms with van der Waals surface area (Å²) in [5.74, 6) is 0. The summed E-state index contributed by atoms with van der Waals surface area (Å²) in [4.78, 5) is 35.3. The molecule has 2 aromatic carbocycles. The van der Waals surface area contributed by atoms with E-state index in [1.807, 2.05) is 22.7 Å². The Morgan fingerprint density at radius 2 is 1.21 bits per heavy atom. The van der Waals surface area contributed by atoms with Crippen molar-refractivity contribution in [3.8, 4) is 0 Å². The van der Waals surface area contributed by atoms with Gasteiger partial charge in [0.2, 0.25) is 0 Å². The molecule has 0 saturated carbocycles. The number of hydrogen-bond acceptors (Lipinski definition) is 10. The van der Waals surface area contributed by atoms with Crippen molar-refractivity contribution in [2.45, 2.75) is 65.6 Å². The van der Waals surface area contributed by atoms with Crippen molar-refractivity contribution in [3.05, 3.63) is 85.9 Å². The normalized spacial score (nSPS) is 17.4. The van der Waals surface area contributed by atoms with E-state index in [-0.39, 0.29) is 30.6 Å². The maximum absolute atomic E-state index is 8.12. The molecule has 4 aromatic rings. The quantitative estimate of drug-likeness (QED) is 0.187. The van der Waals surface area contributed by atoms with Crippen LogP contribution in [-0.4, -0.2) is 57.1 Å². The molecule has 254 valence electrons. The molecule has 0 unspecified atom stereocenters. The van der Waals surface area contributed by atoms with Crippen molar-refractivity contribution >= 4 is 83.8 Å². The molecule has 7 rings (SSSR count). The zero-order valence-corrected chi connectivity index (χ0v) is 31.3. The predicted octanol–water partition coefficient (Wildman–Crippen LogP) is 8.78. The summed E-state index contributed by atoms with van der Waals surface area (Å²) in [5.41, 5.74) is 3.53. The Morgan fingerprint density at radius 1 is 0.708 bits per heavy atom. The zero-order valence-electron chi connectivity index (χ0n) is 28.1. The first-order valence-corrected chi connectivity index (χ1v) is 17.8. The molecular formula is C36H40BBrO8S2. The number of thiophene rings is 2. The van der Waals surface area contributed by atoms with Crippen LogP contribution < -0.4 is 0 Å². The third-order valence-electron chi connectivity index (χ3n) is 8.14. The van der Waals surface area contributed by atoms with Crippen LogP contribution in [0.25, 0.3) is 25.7 Å². The summed E-state index contributed by atoms with van der Waals surface area (Å²) in [5, 5.41) is 2.70. The third-order valence-corrected chi connectivity index (χ3v) is 10.7. The van der Waals surface area contributed by atoms with Crippen LogP contribution in [0.5, 0.6) is 0 Å². The molecular weight excluding hydrogens is 715 g/mol. The van der Waals surface area contributed by atoms with Gasteiger partial charge in [0.25, 0.3) is 0 Å². The number of benzene rings is 2. The topological polar surface area (TPSA) is 105 Å². The first-order chi connectivity index (χ1) is 22.8. The summed E-state index contributed by atoms with van der Waals surface area (Å²) in [7, 11) is -0.182. The second kappa shape index (κ2) is 18.7. The molecule has 8 nitrogen and oxygen atoms in total. The van der Waals surface area contributed by atoms with Gasteiger partial charge in [-0.05, 0) is 112 Å². The lowest BCUT2D eigenvalue weighted by Gasteiger charge is -2.32. The van der Waals surface area contributed by atoms with Crippen molar-refractivity contribution in [2.24, 2.45) is 0 Å². The summed E-state index contributed by atoms with van der Waals surface area (Å²) >= 11 is 7.16. The molecule has 0 amide bonds. The minimum atomic E-state index is -0.239. The van der Waals surface area contributed by atoms with Crippen LogP contribution in [-0.2, 0) is 38.0 Å². The Kier molecular flexibility index (Phi) is 15.3. The molecule has 1 saturated heterocycles. The van der Waals surface area contributed by atoms with Gasteiger partial charge in [-0.15, -0.1) is 22.7 Å². The third kappa shape index (κ3) is 11.3. The van der Waals surface area contributed by atoms with Crippen molar-refractivity contribution in [1.82, 2.24) is 0 Å². The number of halogens is 1. The molecule has 12 heteroatoms. The molecule has 1 fully saturated rings. The summed E-state index contributed by atoms with van der Waals surface area (Å²) in [6.07, 6.45) is 6.73. The predicted molar refractivity (Wildman–Crippen MR) is 194 cm³/mol. The van der Waals surface area contributed by atoms with Gasteiger partial charge < -0.3 is 18.8 Å². The van der Waals surface area contributed by atoms with Crippen LogP contribution in [0.2, 0.25) is 0 Å². The van der Waals surface area contributed by atoms with Crippen molar-refractivity contribution in [3.63, 3.8) is 0 Å². The lowest BCUT2D eigenvalue weighted by atomic mass is 9.75. The van der Waals surface area contributed by atoms with E-state index in [0.29, 0.717) is 6.61 Å². The molecule has 5 heterocycles. The molecule has 0 radical (unpaired) electrons. The number of ether oxygens (including phenoxy) is 2. The van der Waals surface area contributed by atoms with Crippen molar-refractivity contribution in [1.29, 1.82) is 0 Å². The molecule has 2 aromatic heterocycles. The van der Waals surface area contributed by atoms with Gasteiger partial charge in [0.15, 0.2) is 0 Å². The SMILES string of the molecule is CC1(C)OB(C2=CCOCC2)OC1(C)C.Cc1cc2ccc(Br)cc2s1.Cc1cc2ccc(C3=CCOCC3)cc2s1.O=C=O.O=C=O. The summed E-state index contributed by atoms with van der Waals surface area (Å²) in [6, 6.07) is 17.6. The lowest BCUT2D eigenvalue weighted by molar-refractivity contribution is -0.193. The van der Waals surface area contributed by atoms with Crippen molar-refractivity contribution in [2.75, 3.05) is 26.4 Å². The van der Waals surface area contributed by atoms with Gasteiger partial charge in [-0.3, -0.25) is 0 Å². The maximum atomic E-state index is 8.12. The smallest absolute Gasteiger partial charge is 0.400 e. The van der Waals surface area contributed by atoms with E-state index in [2.05, 4.69) is 118 Å². The molecule has 48 heavy (non-hydrogen) atoms. The second-order valence-electron chi connectivity index (χ2n) is 12.1. The van der Waals surface area contributed by atoms with Crippen molar-refractivity contribution < 1.29 is 38.0 Å². The molecule has 3 aliphatic heterocycles. The van der Waals surface area contributed by atoms with E-state index in [4.69, 9.17) is 38.0 Å². The first kappa shape index (κ1) is 39.4. The Bertz CT molecular complexity index is 1770. The molecule has 0 atom stereocenters. The highest BCUT2D eigenvalue weighted by Gasteiger charge is 2.52. The van der Waals surface area contributed by atoms with Gasteiger partial charge in [0, 0.05) is 23.6 Å². The molecule has 0 spiro atoms. The van der Waals surface area contributed by atoms with Gasteiger partial charge in [-0.1, -0.05) is 46.3 Å². The summed E-state index contributed by atoms with van der Waals surface area (Å²) < 4.78 is 26.4. The number of fused-ring (bicyclic) bond motifs is 2. The van der Waals surface area contributed by atoms with Crippen LogP contribution in [0, 0.1) is 13.8 Å². The van der Waals surface area contributed by atoms with E-state index in [0.717, 1.165) is 37.1 Å². The standard InChI is InChI=1S/C14H14OS.C11H19BO3.C9H7BrS.2CO2/c1-10-8-13-3-2-12(9-14(13)16-10)11-4-6-15-7-5-11;1-10(2)11(3,4)15-12(14-10)9-5-7-13-8-6-9;1-6-4-7-2-3-8(10)5-9(7)11-6;2*2-1-3/h2-4,8-9H,5-7H2,1H3;5H,6-8H2,1-4H3;2-5H,1H3;;. The largest absolute Gasteiger partial charge is 0.490 e. The van der Waals surface area contributed by atoms with Gasteiger partial charge in [-0.2, -0.15) is 19.2 Å². The van der Waals surface area contributed by atoms with Gasteiger partial charge in [0.1, 0.15) is 0 Å². The Labute approximate surface area is 298 Å². The van der Waals surface area contributed by atoms with Crippen LogP contribution in [0.1, 0.15) is 55.9 Å². The fourth-order valence-electron chi connectivity index (χ4n) is 5.04. The zero-order chi connectivity index (χ0) is 35.3.